The zero-order valence-corrected chi connectivity index (χ0v) is 17.3. The second kappa shape index (κ2) is 9.03. The monoisotopic (exact) mass is 420 g/mol. The molecule has 0 radical (unpaired) electrons. The van der Waals surface area contributed by atoms with Crippen LogP contribution in [0.4, 0.5) is 4.79 Å². The Morgan fingerprint density at radius 1 is 1.30 bits per heavy atom. The van der Waals surface area contributed by atoms with Gasteiger partial charge in [0.2, 0.25) is 5.88 Å². The number of nitrogens with one attached hydrogen (secondary N) is 1. The van der Waals surface area contributed by atoms with Crippen molar-refractivity contribution in [2.45, 2.75) is 32.9 Å². The molecule has 2 heterocycles. The van der Waals surface area contributed by atoms with Crippen molar-refractivity contribution in [1.29, 1.82) is 0 Å². The molecule has 1 saturated heterocycles. The maximum Gasteiger partial charge on any atom is 0.407 e. The van der Waals surface area contributed by atoms with Crippen LogP contribution in [-0.2, 0) is 21.1 Å². The van der Waals surface area contributed by atoms with Crippen LogP contribution >= 0.6 is 11.6 Å². The van der Waals surface area contributed by atoms with Gasteiger partial charge in [0.1, 0.15) is 12.2 Å². The van der Waals surface area contributed by atoms with Gasteiger partial charge in [-0.05, 0) is 26.8 Å². The van der Waals surface area contributed by atoms with E-state index in [-0.39, 0.29) is 29.1 Å². The Labute approximate surface area is 164 Å². The fraction of sp³-hybridized carbons (Fsp3) is 0.688. The highest BCUT2D eigenvalue weighted by Gasteiger charge is 2.21. The van der Waals surface area contributed by atoms with Crippen molar-refractivity contribution in [2.75, 3.05) is 37.7 Å². The molecule has 0 saturated carbocycles. The maximum absolute atomic E-state index is 11.8. The van der Waals surface area contributed by atoms with E-state index in [4.69, 9.17) is 21.1 Å². The summed E-state index contributed by atoms with van der Waals surface area (Å²) in [4.78, 5) is 13.8. The molecule has 1 aromatic heterocycles. The molecule has 0 aliphatic carbocycles. The number of hydrogen-bond donors (Lipinski definition) is 1. The number of carbonyl (C=O) groups excluding carboxylic acids is 1. The number of sulfone groups is 1. The van der Waals surface area contributed by atoms with Crippen molar-refractivity contribution < 1.29 is 22.7 Å². The van der Waals surface area contributed by atoms with Gasteiger partial charge in [0.25, 0.3) is 0 Å². The highest BCUT2D eigenvalue weighted by Crippen LogP contribution is 2.18. The fourth-order valence-electron chi connectivity index (χ4n) is 2.37. The molecule has 11 heteroatoms. The Bertz CT molecular complexity index is 753. The van der Waals surface area contributed by atoms with Crippen molar-refractivity contribution in [1.82, 2.24) is 20.4 Å². The van der Waals surface area contributed by atoms with Crippen LogP contribution in [0.5, 0.6) is 5.88 Å². The van der Waals surface area contributed by atoms with Gasteiger partial charge in [0.15, 0.2) is 15.0 Å². The molecule has 0 aromatic carbocycles. The number of halogens is 1. The van der Waals surface area contributed by atoms with Crippen molar-refractivity contribution in [2.24, 2.45) is 0 Å². The predicted octanol–water partition coefficient (Wildman–Crippen LogP) is 1.26. The zero-order chi connectivity index (χ0) is 20.1. The van der Waals surface area contributed by atoms with Gasteiger partial charge in [-0.1, -0.05) is 11.6 Å². The van der Waals surface area contributed by atoms with E-state index in [9.17, 15) is 13.2 Å². The van der Waals surface area contributed by atoms with Gasteiger partial charge in [0, 0.05) is 25.2 Å². The van der Waals surface area contributed by atoms with E-state index in [1.54, 1.807) is 26.8 Å². The van der Waals surface area contributed by atoms with Crippen molar-refractivity contribution >= 4 is 27.5 Å². The predicted molar refractivity (Wildman–Crippen MR) is 101 cm³/mol. The third kappa shape index (κ3) is 7.86. The number of carbonyl (C=O) groups is 1. The minimum absolute atomic E-state index is 0.126. The molecule has 1 aliphatic rings. The molecule has 1 aliphatic heterocycles. The van der Waals surface area contributed by atoms with Crippen molar-refractivity contribution in [3.63, 3.8) is 0 Å². The van der Waals surface area contributed by atoms with Crippen LogP contribution < -0.4 is 10.1 Å². The van der Waals surface area contributed by atoms with Crippen molar-refractivity contribution in [3.05, 3.63) is 16.8 Å². The normalized spacial score (nSPS) is 17.3. The summed E-state index contributed by atoms with van der Waals surface area (Å²) in [7, 11) is -2.90. The first kappa shape index (κ1) is 21.6. The molecular weight excluding hydrogens is 396 g/mol. The smallest absolute Gasteiger partial charge is 0.407 e. The average Bonchev–Trinajstić information content (AvgIpc) is 2.54. The zero-order valence-electron chi connectivity index (χ0n) is 15.7. The van der Waals surface area contributed by atoms with Crippen molar-refractivity contribution in [3.8, 4) is 5.88 Å². The summed E-state index contributed by atoms with van der Waals surface area (Å²) in [5.41, 5.74) is -0.0264. The van der Waals surface area contributed by atoms with Crippen LogP contribution in [0.15, 0.2) is 6.07 Å². The average molecular weight is 421 g/mol. The lowest BCUT2D eigenvalue weighted by atomic mass is 10.2. The van der Waals surface area contributed by atoms with Crippen LogP contribution in [0, 0.1) is 0 Å². The van der Waals surface area contributed by atoms with Crippen LogP contribution in [0.25, 0.3) is 0 Å². The summed E-state index contributed by atoms with van der Waals surface area (Å²) in [6.07, 6.45) is -0.559. The van der Waals surface area contributed by atoms with Crippen LogP contribution in [0.3, 0.4) is 0 Å². The summed E-state index contributed by atoms with van der Waals surface area (Å²) < 4.78 is 33.8. The lowest BCUT2D eigenvalue weighted by molar-refractivity contribution is 0.0523. The number of ether oxygens (including phenoxy) is 2. The lowest BCUT2D eigenvalue weighted by Crippen LogP contribution is -2.42. The first-order valence-electron chi connectivity index (χ1n) is 8.59. The van der Waals surface area contributed by atoms with Gasteiger partial charge in [-0.2, -0.15) is 0 Å². The van der Waals surface area contributed by atoms with E-state index in [0.717, 1.165) is 0 Å². The summed E-state index contributed by atoms with van der Waals surface area (Å²) in [5.74, 6) is 0.595. The van der Waals surface area contributed by atoms with Gasteiger partial charge < -0.3 is 14.8 Å². The number of rotatable bonds is 6. The molecule has 0 spiro atoms. The van der Waals surface area contributed by atoms with Gasteiger partial charge in [-0.3, -0.25) is 4.90 Å². The van der Waals surface area contributed by atoms with Gasteiger partial charge >= 0.3 is 6.09 Å². The fourth-order valence-corrected chi connectivity index (χ4v) is 3.81. The molecule has 0 unspecified atom stereocenters. The van der Waals surface area contributed by atoms with E-state index in [1.165, 1.54) is 0 Å². The molecule has 9 nitrogen and oxygen atoms in total. The molecule has 1 amide bonds. The van der Waals surface area contributed by atoms with Crippen LogP contribution in [-0.4, -0.2) is 73.0 Å². The van der Waals surface area contributed by atoms with Crippen LogP contribution in [0.1, 0.15) is 26.3 Å². The Morgan fingerprint density at radius 3 is 2.59 bits per heavy atom. The van der Waals surface area contributed by atoms with Gasteiger partial charge in [0.05, 0.1) is 18.1 Å². The third-order valence-corrected chi connectivity index (χ3v) is 5.50. The number of nitrogens with zero attached hydrogens (tertiary/aromatic N) is 3. The topological polar surface area (TPSA) is 111 Å². The number of amides is 1. The third-order valence-electron chi connectivity index (χ3n) is 3.71. The molecule has 1 fully saturated rings. The van der Waals surface area contributed by atoms with E-state index in [0.29, 0.717) is 31.8 Å². The molecule has 1 N–H and O–H groups in total. The van der Waals surface area contributed by atoms with Crippen LogP contribution in [0.2, 0.25) is 5.15 Å². The standard InChI is InChI=1S/C16H25ClN4O5S/c1-16(2,3)26-15(22)18-11-12-10-13(17)19-20-14(12)25-7-4-21-5-8-27(23,24)9-6-21/h10H,4-9,11H2,1-3H3,(H,18,22). The van der Waals surface area contributed by atoms with E-state index in [1.807, 2.05) is 4.90 Å². The Balaban J connectivity index is 1.86. The van der Waals surface area contributed by atoms with E-state index >= 15 is 0 Å². The second-order valence-electron chi connectivity index (χ2n) is 7.19. The van der Waals surface area contributed by atoms with Gasteiger partial charge in [-0.15, -0.1) is 10.2 Å². The highest BCUT2D eigenvalue weighted by atomic mass is 35.5. The molecule has 1 aromatic rings. The molecule has 0 bridgehead atoms. The molecule has 0 atom stereocenters. The lowest BCUT2D eigenvalue weighted by Gasteiger charge is -2.26. The number of alkyl carbamates (subject to hydrolysis) is 1. The first-order valence-corrected chi connectivity index (χ1v) is 10.8. The Kier molecular flexibility index (Phi) is 7.24. The first-order chi connectivity index (χ1) is 12.5. The quantitative estimate of drug-likeness (QED) is 0.732. The largest absolute Gasteiger partial charge is 0.475 e. The molecular formula is C16H25ClN4O5S. The second-order valence-corrected chi connectivity index (χ2v) is 9.89. The van der Waals surface area contributed by atoms with Gasteiger partial charge in [-0.25, -0.2) is 13.2 Å². The number of hydrogen-bond acceptors (Lipinski definition) is 8. The SMILES string of the molecule is CC(C)(C)OC(=O)NCc1cc(Cl)nnc1OCCN1CCS(=O)(=O)CC1. The van der Waals surface area contributed by atoms with E-state index in [2.05, 4.69) is 15.5 Å². The summed E-state index contributed by atoms with van der Waals surface area (Å²) in [6, 6.07) is 1.56. The Morgan fingerprint density at radius 2 is 1.96 bits per heavy atom. The minimum atomic E-state index is -2.90. The summed E-state index contributed by atoms with van der Waals surface area (Å²) >= 11 is 5.88. The molecule has 152 valence electrons. The Hall–Kier alpha value is -1.65. The number of aromatic nitrogens is 2. The maximum atomic E-state index is 11.8. The minimum Gasteiger partial charge on any atom is -0.475 e. The molecule has 27 heavy (non-hydrogen) atoms. The van der Waals surface area contributed by atoms with E-state index < -0.39 is 21.5 Å². The summed E-state index contributed by atoms with van der Waals surface area (Å²) in [5, 5.41) is 10.5. The highest BCUT2D eigenvalue weighted by molar-refractivity contribution is 7.91. The summed E-state index contributed by atoms with van der Waals surface area (Å²) in [6.45, 7) is 7.32. The molecule has 2 rings (SSSR count).